The van der Waals surface area contributed by atoms with Crippen molar-refractivity contribution >= 4 is 27.7 Å². The first-order chi connectivity index (χ1) is 8.56. The second-order valence-electron chi connectivity index (χ2n) is 4.05. The van der Waals surface area contributed by atoms with Crippen LogP contribution >= 0.6 is 27.7 Å². The standard InChI is InChI=1S/C13H14BrN3S/c1-8-5-6-16-13(17-8)18-10-3-4-11(9(2)15)12(14)7-10/h3-7,9H,15H2,1-2H3/t9-/m0/s1. The molecule has 1 aromatic heterocycles. The van der Waals surface area contributed by atoms with Gasteiger partial charge in [-0.2, -0.15) is 0 Å². The first kappa shape index (κ1) is 13.5. The minimum Gasteiger partial charge on any atom is -0.324 e. The maximum absolute atomic E-state index is 5.88. The lowest BCUT2D eigenvalue weighted by molar-refractivity contribution is 0.811. The lowest BCUT2D eigenvalue weighted by Crippen LogP contribution is -2.05. The summed E-state index contributed by atoms with van der Waals surface area (Å²) in [7, 11) is 0. The quantitative estimate of drug-likeness (QED) is 0.874. The average molecular weight is 324 g/mol. The summed E-state index contributed by atoms with van der Waals surface area (Å²) in [5.74, 6) is 0. The van der Waals surface area contributed by atoms with Gasteiger partial charge in [0.1, 0.15) is 0 Å². The minimum atomic E-state index is 0.0219. The van der Waals surface area contributed by atoms with Gasteiger partial charge in [-0.15, -0.1) is 0 Å². The van der Waals surface area contributed by atoms with Gasteiger partial charge in [0, 0.05) is 27.3 Å². The first-order valence-corrected chi connectivity index (χ1v) is 7.20. The first-order valence-electron chi connectivity index (χ1n) is 5.59. The Morgan fingerprint density at radius 2 is 2.11 bits per heavy atom. The van der Waals surface area contributed by atoms with Gasteiger partial charge in [-0.1, -0.05) is 22.0 Å². The molecule has 3 nitrogen and oxygen atoms in total. The van der Waals surface area contributed by atoms with Gasteiger partial charge < -0.3 is 5.73 Å². The Bertz CT molecular complexity index is 558. The van der Waals surface area contributed by atoms with Crippen molar-refractivity contribution in [3.05, 3.63) is 46.2 Å². The Hall–Kier alpha value is -0.910. The summed E-state index contributed by atoms with van der Waals surface area (Å²) >= 11 is 5.08. The Morgan fingerprint density at radius 1 is 1.33 bits per heavy atom. The molecule has 0 aliphatic carbocycles. The number of benzene rings is 1. The van der Waals surface area contributed by atoms with Gasteiger partial charge in [0.25, 0.3) is 0 Å². The molecular formula is C13H14BrN3S. The van der Waals surface area contributed by atoms with Crippen LogP contribution in [0.2, 0.25) is 0 Å². The van der Waals surface area contributed by atoms with Gasteiger partial charge in [0.2, 0.25) is 0 Å². The molecule has 1 heterocycles. The van der Waals surface area contributed by atoms with Crippen molar-refractivity contribution in [1.29, 1.82) is 0 Å². The SMILES string of the molecule is Cc1ccnc(Sc2ccc([C@H](C)N)c(Br)c2)n1. The third kappa shape index (κ3) is 3.31. The van der Waals surface area contributed by atoms with E-state index in [2.05, 4.69) is 32.0 Å². The molecule has 2 rings (SSSR count). The molecule has 0 unspecified atom stereocenters. The highest BCUT2D eigenvalue weighted by molar-refractivity contribution is 9.10. The van der Waals surface area contributed by atoms with E-state index in [4.69, 9.17) is 5.73 Å². The molecule has 0 spiro atoms. The van der Waals surface area contributed by atoms with Crippen molar-refractivity contribution < 1.29 is 0 Å². The maximum Gasteiger partial charge on any atom is 0.192 e. The summed E-state index contributed by atoms with van der Waals surface area (Å²) in [6.07, 6.45) is 1.77. The van der Waals surface area contributed by atoms with Crippen molar-refractivity contribution in [1.82, 2.24) is 9.97 Å². The van der Waals surface area contributed by atoms with Crippen molar-refractivity contribution in [2.24, 2.45) is 5.73 Å². The Morgan fingerprint density at radius 3 is 2.72 bits per heavy atom. The van der Waals surface area contributed by atoms with Crippen LogP contribution in [-0.4, -0.2) is 9.97 Å². The van der Waals surface area contributed by atoms with Crippen LogP contribution in [0.15, 0.2) is 45.0 Å². The van der Waals surface area contributed by atoms with E-state index in [0.29, 0.717) is 0 Å². The van der Waals surface area contributed by atoms with Crippen molar-refractivity contribution in [2.45, 2.75) is 29.9 Å². The van der Waals surface area contributed by atoms with Gasteiger partial charge in [-0.25, -0.2) is 9.97 Å². The zero-order chi connectivity index (χ0) is 13.1. The molecule has 2 aromatic rings. The fourth-order valence-electron chi connectivity index (χ4n) is 1.52. The Balaban J connectivity index is 2.23. The number of rotatable bonds is 3. The Kier molecular flexibility index (Phi) is 4.37. The van der Waals surface area contributed by atoms with Crippen molar-refractivity contribution in [3.63, 3.8) is 0 Å². The molecule has 0 aliphatic heterocycles. The zero-order valence-electron chi connectivity index (χ0n) is 10.2. The van der Waals surface area contributed by atoms with Crippen LogP contribution in [0.25, 0.3) is 0 Å². The van der Waals surface area contributed by atoms with Crippen molar-refractivity contribution in [2.75, 3.05) is 0 Å². The van der Waals surface area contributed by atoms with E-state index in [0.717, 1.165) is 25.8 Å². The Labute approximate surface area is 119 Å². The summed E-state index contributed by atoms with van der Waals surface area (Å²) < 4.78 is 1.02. The molecule has 1 aromatic carbocycles. The minimum absolute atomic E-state index is 0.0219. The third-order valence-electron chi connectivity index (χ3n) is 2.44. The highest BCUT2D eigenvalue weighted by Gasteiger charge is 2.07. The van der Waals surface area contributed by atoms with Crippen molar-refractivity contribution in [3.8, 4) is 0 Å². The van der Waals surface area contributed by atoms with E-state index in [9.17, 15) is 0 Å². The van der Waals surface area contributed by atoms with E-state index in [1.807, 2.05) is 32.0 Å². The smallest absolute Gasteiger partial charge is 0.192 e. The molecule has 0 saturated heterocycles. The van der Waals surface area contributed by atoms with E-state index in [1.165, 1.54) is 0 Å². The topological polar surface area (TPSA) is 51.8 Å². The molecule has 0 saturated carbocycles. The van der Waals surface area contributed by atoms with Crippen LogP contribution in [0.5, 0.6) is 0 Å². The maximum atomic E-state index is 5.88. The lowest BCUT2D eigenvalue weighted by atomic mass is 10.1. The molecule has 18 heavy (non-hydrogen) atoms. The number of nitrogens with two attached hydrogens (primary N) is 1. The highest BCUT2D eigenvalue weighted by atomic mass is 79.9. The zero-order valence-corrected chi connectivity index (χ0v) is 12.6. The summed E-state index contributed by atoms with van der Waals surface area (Å²) in [4.78, 5) is 9.70. The molecule has 0 fully saturated rings. The number of hydrogen-bond donors (Lipinski definition) is 1. The van der Waals surface area contributed by atoms with E-state index < -0.39 is 0 Å². The molecule has 0 bridgehead atoms. The van der Waals surface area contributed by atoms with Crippen LogP contribution in [0, 0.1) is 6.92 Å². The lowest BCUT2D eigenvalue weighted by Gasteiger charge is -2.09. The summed E-state index contributed by atoms with van der Waals surface area (Å²) in [5.41, 5.74) is 7.95. The summed E-state index contributed by atoms with van der Waals surface area (Å²) in [5, 5.41) is 0.760. The van der Waals surface area contributed by atoms with Crippen LogP contribution in [0.3, 0.4) is 0 Å². The predicted octanol–water partition coefficient (Wildman–Crippen LogP) is 3.72. The highest BCUT2D eigenvalue weighted by Crippen LogP contribution is 2.30. The van der Waals surface area contributed by atoms with E-state index >= 15 is 0 Å². The molecule has 5 heteroatoms. The van der Waals surface area contributed by atoms with E-state index in [-0.39, 0.29) is 6.04 Å². The molecule has 94 valence electrons. The predicted molar refractivity (Wildman–Crippen MR) is 77.6 cm³/mol. The molecule has 2 N–H and O–H groups in total. The molecule has 1 atom stereocenters. The fraction of sp³-hybridized carbons (Fsp3) is 0.231. The van der Waals surface area contributed by atoms with Gasteiger partial charge >= 0.3 is 0 Å². The third-order valence-corrected chi connectivity index (χ3v) is 4.00. The van der Waals surface area contributed by atoms with Crippen LogP contribution in [0.1, 0.15) is 24.2 Å². The average Bonchev–Trinajstić information content (AvgIpc) is 2.28. The van der Waals surface area contributed by atoms with Gasteiger partial charge in [-0.05, 0) is 49.4 Å². The summed E-state index contributed by atoms with van der Waals surface area (Å²) in [6, 6.07) is 8.04. The molecular weight excluding hydrogens is 310 g/mol. The number of aryl methyl sites for hydroxylation is 1. The normalized spacial score (nSPS) is 12.4. The van der Waals surface area contributed by atoms with Crippen LogP contribution in [-0.2, 0) is 0 Å². The van der Waals surface area contributed by atoms with Gasteiger partial charge in [-0.3, -0.25) is 0 Å². The second kappa shape index (κ2) is 5.82. The second-order valence-corrected chi connectivity index (χ2v) is 5.95. The molecule has 0 amide bonds. The fourth-order valence-corrected chi connectivity index (χ4v) is 3.24. The number of halogens is 1. The molecule has 0 aliphatic rings. The number of nitrogens with zero attached hydrogens (tertiary/aromatic N) is 2. The largest absolute Gasteiger partial charge is 0.324 e. The summed E-state index contributed by atoms with van der Waals surface area (Å²) in [6.45, 7) is 3.93. The van der Waals surface area contributed by atoms with Crippen LogP contribution in [0.4, 0.5) is 0 Å². The van der Waals surface area contributed by atoms with E-state index in [1.54, 1.807) is 18.0 Å². The van der Waals surface area contributed by atoms with Crippen LogP contribution < -0.4 is 5.73 Å². The number of hydrogen-bond acceptors (Lipinski definition) is 4. The van der Waals surface area contributed by atoms with Gasteiger partial charge in [0.05, 0.1) is 0 Å². The monoisotopic (exact) mass is 323 g/mol. The number of aromatic nitrogens is 2. The van der Waals surface area contributed by atoms with Gasteiger partial charge in [0.15, 0.2) is 5.16 Å². The molecule has 0 radical (unpaired) electrons.